The first-order valence-electron chi connectivity index (χ1n) is 19.0. The lowest BCUT2D eigenvalue weighted by Crippen LogP contribution is -2.37. The average Bonchev–Trinajstić information content (AvgIpc) is 3.81. The highest BCUT2D eigenvalue weighted by Crippen LogP contribution is 2.43. The second kappa shape index (κ2) is 16.2. The fraction of sp³-hybridized carbons (Fsp3) is 0.279. The van der Waals surface area contributed by atoms with E-state index >= 15 is 0 Å². The van der Waals surface area contributed by atoms with Crippen molar-refractivity contribution in [2.75, 3.05) is 58.1 Å². The minimum Gasteiger partial charge on any atom is -0.497 e. The zero-order valence-corrected chi connectivity index (χ0v) is 33.8. The van der Waals surface area contributed by atoms with E-state index in [-0.39, 0.29) is 30.5 Å². The van der Waals surface area contributed by atoms with Crippen LogP contribution in [0.4, 0.5) is 17.1 Å². The molecule has 0 radical (unpaired) electrons. The van der Waals surface area contributed by atoms with Gasteiger partial charge in [0.2, 0.25) is 0 Å². The van der Waals surface area contributed by atoms with Crippen LogP contribution in [-0.4, -0.2) is 97.8 Å². The van der Waals surface area contributed by atoms with Gasteiger partial charge >= 0.3 is 7.75 Å². The van der Waals surface area contributed by atoms with Gasteiger partial charge in [0.15, 0.2) is 23.0 Å². The summed E-state index contributed by atoms with van der Waals surface area (Å²) in [7, 11) is 2.21. The van der Waals surface area contributed by atoms with Gasteiger partial charge in [-0.1, -0.05) is 24.3 Å². The number of fused-ring (bicyclic) bond motifs is 4. The number of nitrogens with zero attached hydrogens (tertiary/aromatic N) is 4. The highest BCUT2D eigenvalue weighted by Gasteiger charge is 2.37. The maximum atomic E-state index is 14.0. The summed E-state index contributed by atoms with van der Waals surface area (Å²) in [5.74, 6) is 2.22. The van der Waals surface area contributed by atoms with Crippen LogP contribution < -0.4 is 33.7 Å². The molecule has 4 aliphatic rings. The van der Waals surface area contributed by atoms with E-state index in [1.165, 1.54) is 14.2 Å². The maximum Gasteiger partial charge on any atom is 0.427 e. The zero-order chi connectivity index (χ0) is 41.4. The number of benzene rings is 4. The number of carbonyl (C=O) groups excluding carboxylic acids is 2. The molecule has 0 fully saturated rings. The van der Waals surface area contributed by atoms with E-state index in [4.69, 9.17) is 28.7 Å². The van der Waals surface area contributed by atoms with Crippen LogP contribution in [0.25, 0.3) is 11.1 Å². The largest absolute Gasteiger partial charge is 0.497 e. The third-order valence-corrected chi connectivity index (χ3v) is 11.3. The van der Waals surface area contributed by atoms with Crippen molar-refractivity contribution in [1.29, 1.82) is 0 Å². The first kappa shape index (κ1) is 39.5. The number of methoxy groups -OCH3 is 3. The van der Waals surface area contributed by atoms with Crippen molar-refractivity contribution >= 4 is 54.0 Å². The Morgan fingerprint density at radius 2 is 1.34 bits per heavy atom. The third-order valence-electron chi connectivity index (χ3n) is 10.8. The van der Waals surface area contributed by atoms with Crippen molar-refractivity contribution in [1.82, 2.24) is 9.80 Å². The lowest BCUT2D eigenvalue weighted by atomic mass is 10.0. The molecule has 0 aliphatic carbocycles. The molecule has 4 aliphatic heterocycles. The summed E-state index contributed by atoms with van der Waals surface area (Å²) in [4.78, 5) is 56.4. The fourth-order valence-corrected chi connectivity index (χ4v) is 8.32. The van der Waals surface area contributed by atoms with E-state index in [0.717, 1.165) is 33.7 Å². The lowest BCUT2D eigenvalue weighted by Gasteiger charge is -2.24. The highest BCUT2D eigenvalue weighted by molar-refractivity contribution is 7.53. The van der Waals surface area contributed by atoms with Gasteiger partial charge in [0.1, 0.15) is 5.75 Å². The van der Waals surface area contributed by atoms with Gasteiger partial charge in [0, 0.05) is 62.9 Å². The molecule has 0 aromatic heterocycles. The molecule has 59 heavy (non-hydrogen) atoms. The smallest absolute Gasteiger partial charge is 0.427 e. The molecule has 0 spiro atoms. The number of ether oxygens (including phenoxy) is 5. The Balaban J connectivity index is 0.907. The quantitative estimate of drug-likeness (QED) is 0.0960. The van der Waals surface area contributed by atoms with Crippen molar-refractivity contribution in [3.05, 3.63) is 107 Å². The van der Waals surface area contributed by atoms with Crippen LogP contribution in [-0.2, 0) is 4.57 Å². The number of hydrogen-bond acceptors (Lipinski definition) is 10. The normalized spacial score (nSPS) is 18.2. The summed E-state index contributed by atoms with van der Waals surface area (Å²) in [5, 5.41) is 2.17. The minimum atomic E-state index is -4.42. The molecule has 0 saturated carbocycles. The topological polar surface area (TPSA) is 172 Å². The number of amides is 2. The Hall–Kier alpha value is -6.28. The van der Waals surface area contributed by atoms with E-state index < -0.39 is 7.75 Å². The van der Waals surface area contributed by atoms with Gasteiger partial charge in [-0.05, 0) is 65.1 Å². The van der Waals surface area contributed by atoms with E-state index in [0.29, 0.717) is 77.9 Å². The SMILES string of the molecule is COc1ccc(C2=CN3C(=O)c4cc(OC)c(OCCCOc5cc6c(cc5OC)C(=O)N5C=C(c7ccc(NP(=O)(O)O)cc7)CC5CN6C)cc4N=C[C@@H]3C2)cc1. The van der Waals surface area contributed by atoms with Gasteiger partial charge in [0.25, 0.3) is 11.8 Å². The van der Waals surface area contributed by atoms with Gasteiger partial charge in [0.05, 0.1) is 69.1 Å². The number of nitrogens with one attached hydrogen (secondary N) is 1. The Kier molecular flexibility index (Phi) is 10.8. The number of anilines is 2. The Morgan fingerprint density at radius 3 is 1.98 bits per heavy atom. The number of carbonyl (C=O) groups is 2. The van der Waals surface area contributed by atoms with Crippen molar-refractivity contribution in [3.8, 4) is 28.7 Å². The molecule has 0 bridgehead atoms. The second-order valence-electron chi connectivity index (χ2n) is 14.6. The standard InChI is InChI=1S/C43H44N5O10P/c1-46-25-32-17-29(26-6-10-30(11-7-26)45-59(51,52)53)24-48(32)43(50)35-19-39(56-4)41(21-37(35)46)58-15-5-14-57-40-20-36-34(18-38(40)55-3)42(49)47-23-28(16-31(47)22-44-36)27-8-12-33(54-2)13-9-27/h6-13,18-24,31-32H,5,14-17,25H2,1-4H3,(H3,45,51,52,53)/t31-,32?/m0/s1. The van der Waals surface area contributed by atoms with Crippen LogP contribution >= 0.6 is 7.75 Å². The van der Waals surface area contributed by atoms with Crippen LogP contribution in [0.5, 0.6) is 28.7 Å². The first-order chi connectivity index (χ1) is 28.4. The molecule has 8 rings (SSSR count). The van der Waals surface area contributed by atoms with E-state index in [1.807, 2.05) is 54.7 Å². The predicted octanol–water partition coefficient (Wildman–Crippen LogP) is 6.74. The van der Waals surface area contributed by atoms with Crippen molar-refractivity contribution in [2.24, 2.45) is 4.99 Å². The maximum absolute atomic E-state index is 14.0. The summed E-state index contributed by atoms with van der Waals surface area (Å²) in [6.07, 6.45) is 7.29. The molecule has 2 atom stereocenters. The summed E-state index contributed by atoms with van der Waals surface area (Å²) in [5.41, 5.74) is 6.28. The number of aliphatic imine (C=N–C) groups is 1. The Morgan fingerprint density at radius 1 is 0.746 bits per heavy atom. The summed E-state index contributed by atoms with van der Waals surface area (Å²) >= 11 is 0. The summed E-state index contributed by atoms with van der Waals surface area (Å²) in [6, 6.07) is 21.1. The van der Waals surface area contributed by atoms with E-state index in [2.05, 4.69) is 5.09 Å². The van der Waals surface area contributed by atoms with E-state index in [9.17, 15) is 23.9 Å². The lowest BCUT2D eigenvalue weighted by molar-refractivity contribution is 0.0792. The number of likely N-dealkylation sites (N-methyl/N-ethyl adjacent to an activating group) is 1. The van der Waals surface area contributed by atoms with Crippen molar-refractivity contribution in [3.63, 3.8) is 0 Å². The van der Waals surface area contributed by atoms with Crippen molar-refractivity contribution < 1.29 is 47.6 Å². The molecule has 1 unspecified atom stereocenters. The average molecular weight is 822 g/mol. The second-order valence-corrected chi connectivity index (χ2v) is 15.9. The molecule has 4 aromatic rings. The molecule has 4 aromatic carbocycles. The minimum absolute atomic E-state index is 0.129. The van der Waals surface area contributed by atoms with Crippen molar-refractivity contribution in [2.45, 2.75) is 31.3 Å². The highest BCUT2D eigenvalue weighted by atomic mass is 31.2. The zero-order valence-electron chi connectivity index (χ0n) is 33.0. The predicted molar refractivity (Wildman–Crippen MR) is 223 cm³/mol. The van der Waals surface area contributed by atoms with Crippen LogP contribution in [0.2, 0.25) is 0 Å². The van der Waals surface area contributed by atoms with Gasteiger partial charge in [-0.15, -0.1) is 0 Å². The van der Waals surface area contributed by atoms with E-state index in [1.54, 1.807) is 65.6 Å². The monoisotopic (exact) mass is 821 g/mol. The van der Waals surface area contributed by atoms with Crippen LogP contribution in [0, 0.1) is 0 Å². The van der Waals surface area contributed by atoms with Crippen LogP contribution in [0.1, 0.15) is 51.1 Å². The van der Waals surface area contributed by atoms with Gasteiger partial charge < -0.3 is 48.2 Å². The molecule has 0 saturated heterocycles. The molecule has 2 amide bonds. The summed E-state index contributed by atoms with van der Waals surface area (Å²) in [6.45, 7) is 1.14. The molecule has 15 nitrogen and oxygen atoms in total. The molecule has 4 heterocycles. The Labute approximate surface area is 341 Å². The number of rotatable bonds is 13. The molecular formula is C43H44N5O10P. The number of hydrogen-bond donors (Lipinski definition) is 3. The fourth-order valence-electron chi connectivity index (χ4n) is 7.84. The molecule has 3 N–H and O–H groups in total. The third kappa shape index (κ3) is 8.09. The van der Waals surface area contributed by atoms with Gasteiger partial charge in [-0.25, -0.2) is 4.57 Å². The molecule has 306 valence electrons. The van der Waals surface area contributed by atoms with Gasteiger partial charge in [-0.2, -0.15) is 0 Å². The van der Waals surface area contributed by atoms with Gasteiger partial charge in [-0.3, -0.25) is 19.7 Å². The molecule has 16 heteroatoms. The first-order valence-corrected chi connectivity index (χ1v) is 20.6. The van der Waals surface area contributed by atoms with Crippen LogP contribution in [0.15, 0.2) is 90.2 Å². The Bertz CT molecular complexity index is 2430. The summed E-state index contributed by atoms with van der Waals surface area (Å²) < 4.78 is 40.3. The van der Waals surface area contributed by atoms with Crippen LogP contribution in [0.3, 0.4) is 0 Å². The molecular weight excluding hydrogens is 777 g/mol.